The molecule has 162 valence electrons. The van der Waals surface area contributed by atoms with Gasteiger partial charge in [0.05, 0.1) is 12.1 Å². The summed E-state index contributed by atoms with van der Waals surface area (Å²) in [5.74, 6) is 0.396. The second kappa shape index (κ2) is 13.2. The van der Waals surface area contributed by atoms with Gasteiger partial charge in [0.2, 0.25) is 0 Å². The summed E-state index contributed by atoms with van der Waals surface area (Å²) in [6.45, 7) is 5.68. The molecule has 9 heteroatoms. The molecule has 0 bridgehead atoms. The molecular weight excluding hydrogens is 425 g/mol. The maximum atomic E-state index is 12.9. The normalized spacial score (nSPS) is 11.7. The van der Waals surface area contributed by atoms with E-state index in [9.17, 15) is 21.6 Å². The second-order valence-electron chi connectivity index (χ2n) is 5.68. The molecule has 2 rings (SSSR count). The van der Waals surface area contributed by atoms with Gasteiger partial charge in [0.15, 0.2) is 9.84 Å². The predicted octanol–water partition coefficient (Wildman–Crippen LogP) is 6.07. The number of sulfone groups is 1. The summed E-state index contributed by atoms with van der Waals surface area (Å²) in [6.07, 6.45) is 5.61. The van der Waals surface area contributed by atoms with Crippen LogP contribution in [0, 0.1) is 0 Å². The Balaban J connectivity index is 0.00000116. The zero-order chi connectivity index (χ0) is 22.6. The smallest absolute Gasteiger partial charge is 0.281 e. The third kappa shape index (κ3) is 9.32. The van der Waals surface area contributed by atoms with Gasteiger partial charge < -0.3 is 4.57 Å². The van der Waals surface area contributed by atoms with Crippen LogP contribution >= 0.6 is 11.6 Å². The van der Waals surface area contributed by atoms with Crippen LogP contribution < -0.4 is 0 Å². The van der Waals surface area contributed by atoms with E-state index in [-0.39, 0.29) is 17.0 Å². The van der Waals surface area contributed by atoms with Crippen molar-refractivity contribution in [3.63, 3.8) is 0 Å². The molecule has 1 aromatic heterocycles. The van der Waals surface area contributed by atoms with Crippen molar-refractivity contribution in [3.05, 3.63) is 65.2 Å². The SMILES string of the molecule is C/C(Cl)=C\Cc1nc(C(F)F)cn1-c1ccc(S(C)(=O)=O)cc1.C/C=C\C.CF. The van der Waals surface area contributed by atoms with Crippen molar-refractivity contribution in [1.82, 2.24) is 9.55 Å². The Morgan fingerprint density at radius 3 is 2.07 bits per heavy atom. The molecule has 4 nitrogen and oxygen atoms in total. The highest BCUT2D eigenvalue weighted by molar-refractivity contribution is 7.90. The lowest BCUT2D eigenvalue weighted by atomic mass is 10.3. The Kier molecular flexibility index (Phi) is 12.3. The molecule has 0 spiro atoms. The number of hydrogen-bond acceptors (Lipinski definition) is 3. The quantitative estimate of drug-likeness (QED) is 0.520. The Labute approximate surface area is 175 Å². The standard InChI is InChI=1S/C15H15ClF2N2O2S.C4H8.CH3F/c1-10(16)3-8-14-19-13(15(17)18)9-20(14)11-4-6-12(7-5-11)23(2,21)22;1-3-4-2;1-2/h3-7,9,15H,8H2,1-2H3;3-4H,1-2H3;1H3/b10-3+;4-3-;. The monoisotopic (exact) mass is 450 g/mol. The van der Waals surface area contributed by atoms with Crippen molar-refractivity contribution >= 4 is 21.4 Å². The van der Waals surface area contributed by atoms with Gasteiger partial charge >= 0.3 is 0 Å². The van der Waals surface area contributed by atoms with Crippen LogP contribution in [0.5, 0.6) is 0 Å². The lowest BCUT2D eigenvalue weighted by molar-refractivity contribution is 0.146. The largest absolute Gasteiger partial charge is 0.303 e. The molecule has 0 atom stereocenters. The van der Waals surface area contributed by atoms with Gasteiger partial charge in [0, 0.05) is 29.6 Å². The number of alkyl halides is 3. The molecule has 0 saturated carbocycles. The summed E-state index contributed by atoms with van der Waals surface area (Å²) in [7, 11) is -2.81. The van der Waals surface area contributed by atoms with E-state index in [0.717, 1.165) is 6.26 Å². The van der Waals surface area contributed by atoms with Gasteiger partial charge in [0.25, 0.3) is 6.43 Å². The minimum atomic E-state index is -3.31. The van der Waals surface area contributed by atoms with Gasteiger partial charge in [0.1, 0.15) is 11.5 Å². The first-order valence-electron chi connectivity index (χ1n) is 8.54. The molecule has 0 N–H and O–H groups in total. The average molecular weight is 451 g/mol. The van der Waals surface area contributed by atoms with Gasteiger partial charge in [-0.3, -0.25) is 4.39 Å². The highest BCUT2D eigenvalue weighted by Gasteiger charge is 2.16. The van der Waals surface area contributed by atoms with E-state index in [1.54, 1.807) is 25.1 Å². The molecule has 1 aromatic carbocycles. The van der Waals surface area contributed by atoms with Crippen molar-refractivity contribution in [2.24, 2.45) is 0 Å². The van der Waals surface area contributed by atoms with Crippen LogP contribution in [0.25, 0.3) is 5.69 Å². The fourth-order valence-electron chi connectivity index (χ4n) is 2.00. The fourth-order valence-corrected chi connectivity index (χ4v) is 2.70. The summed E-state index contributed by atoms with van der Waals surface area (Å²) >= 11 is 5.78. The van der Waals surface area contributed by atoms with E-state index in [1.165, 1.54) is 22.9 Å². The Morgan fingerprint density at radius 1 is 1.17 bits per heavy atom. The topological polar surface area (TPSA) is 52.0 Å². The van der Waals surface area contributed by atoms with E-state index in [1.807, 2.05) is 26.0 Å². The molecule has 0 aliphatic rings. The number of aromatic nitrogens is 2. The van der Waals surface area contributed by atoms with Crippen LogP contribution in [0.3, 0.4) is 0 Å². The van der Waals surface area contributed by atoms with Gasteiger partial charge in [-0.05, 0) is 45.0 Å². The van der Waals surface area contributed by atoms with Crippen LogP contribution in [0.1, 0.15) is 38.7 Å². The van der Waals surface area contributed by atoms with Crippen LogP contribution in [0.4, 0.5) is 13.2 Å². The maximum Gasteiger partial charge on any atom is 0.281 e. The second-order valence-corrected chi connectivity index (χ2v) is 8.29. The molecule has 2 aromatic rings. The Hall–Kier alpha value is -2.06. The van der Waals surface area contributed by atoms with Crippen molar-refractivity contribution in [1.29, 1.82) is 0 Å². The van der Waals surface area contributed by atoms with E-state index >= 15 is 0 Å². The van der Waals surface area contributed by atoms with Gasteiger partial charge in [-0.25, -0.2) is 22.2 Å². The molecule has 0 radical (unpaired) electrons. The highest BCUT2D eigenvalue weighted by Crippen LogP contribution is 2.22. The van der Waals surface area contributed by atoms with Crippen LogP contribution in [-0.4, -0.2) is 31.4 Å². The van der Waals surface area contributed by atoms with Crippen molar-refractivity contribution in [2.45, 2.75) is 38.5 Å². The number of halogens is 4. The van der Waals surface area contributed by atoms with Crippen molar-refractivity contribution in [3.8, 4) is 5.69 Å². The Morgan fingerprint density at radius 2 is 1.69 bits per heavy atom. The van der Waals surface area contributed by atoms with Crippen LogP contribution in [0.2, 0.25) is 0 Å². The van der Waals surface area contributed by atoms with E-state index in [2.05, 4.69) is 4.98 Å². The van der Waals surface area contributed by atoms with E-state index in [0.29, 0.717) is 23.7 Å². The van der Waals surface area contributed by atoms with Crippen molar-refractivity contribution in [2.75, 3.05) is 13.4 Å². The third-order valence-corrected chi connectivity index (χ3v) is 4.75. The summed E-state index contributed by atoms with van der Waals surface area (Å²) in [5, 5.41) is 0.533. The molecular formula is C20H26ClF3N2O2S. The number of imidazole rings is 1. The molecule has 0 saturated heterocycles. The molecule has 0 amide bonds. The summed E-state index contributed by atoms with van der Waals surface area (Å²) in [4.78, 5) is 4.08. The zero-order valence-corrected chi connectivity index (χ0v) is 18.6. The van der Waals surface area contributed by atoms with Crippen molar-refractivity contribution < 1.29 is 21.6 Å². The first-order valence-corrected chi connectivity index (χ1v) is 10.8. The average Bonchev–Trinajstić information content (AvgIpc) is 3.12. The highest BCUT2D eigenvalue weighted by atomic mass is 35.5. The molecule has 1 heterocycles. The number of allylic oxidation sites excluding steroid dienone is 4. The van der Waals surface area contributed by atoms with E-state index in [4.69, 9.17) is 11.6 Å². The molecule has 29 heavy (non-hydrogen) atoms. The van der Waals surface area contributed by atoms with Gasteiger partial charge in [-0.15, -0.1) is 0 Å². The summed E-state index contributed by atoms with van der Waals surface area (Å²) in [6, 6.07) is 5.96. The fraction of sp³-hybridized carbons (Fsp3) is 0.350. The number of benzene rings is 1. The molecule has 0 aliphatic heterocycles. The third-order valence-electron chi connectivity index (χ3n) is 3.46. The zero-order valence-electron chi connectivity index (χ0n) is 17.0. The minimum Gasteiger partial charge on any atom is -0.303 e. The van der Waals surface area contributed by atoms with Crippen LogP contribution in [-0.2, 0) is 16.3 Å². The summed E-state index contributed by atoms with van der Waals surface area (Å²) in [5.41, 5.74) is 0.209. The lowest BCUT2D eigenvalue weighted by Crippen LogP contribution is -2.01. The maximum absolute atomic E-state index is 12.9. The lowest BCUT2D eigenvalue weighted by Gasteiger charge is -2.07. The minimum absolute atomic E-state index is 0.161. The number of nitrogens with zero attached hydrogens (tertiary/aromatic N) is 2. The molecule has 0 fully saturated rings. The first kappa shape index (κ1) is 26.9. The van der Waals surface area contributed by atoms with E-state index < -0.39 is 16.3 Å². The van der Waals surface area contributed by atoms with Gasteiger partial charge in [-0.1, -0.05) is 29.8 Å². The number of rotatable bonds is 5. The number of hydrogen-bond donors (Lipinski definition) is 0. The Bertz CT molecular complexity index is 898. The van der Waals surface area contributed by atoms with Crippen LogP contribution in [0.15, 0.2) is 58.6 Å². The molecule has 0 unspecified atom stereocenters. The van der Waals surface area contributed by atoms with Gasteiger partial charge in [-0.2, -0.15) is 0 Å². The summed E-state index contributed by atoms with van der Waals surface area (Å²) < 4.78 is 59.8. The first-order chi connectivity index (χ1) is 13.6. The predicted molar refractivity (Wildman–Crippen MR) is 112 cm³/mol. The molecule has 0 aliphatic carbocycles.